The fourth-order valence-corrected chi connectivity index (χ4v) is 6.13. The first-order valence-electron chi connectivity index (χ1n) is 10.4. The molecule has 0 saturated carbocycles. The molecule has 11 heteroatoms. The van der Waals surface area contributed by atoms with Crippen LogP contribution in [0.4, 0.5) is 9.52 Å². The lowest BCUT2D eigenvalue weighted by Gasteiger charge is -2.22. The Morgan fingerprint density at radius 3 is 2.36 bits per heavy atom. The van der Waals surface area contributed by atoms with Crippen LogP contribution in [-0.4, -0.2) is 68.8 Å². The lowest BCUT2D eigenvalue weighted by molar-refractivity contribution is 0.0985. The number of aromatic nitrogens is 1. The number of thiazole rings is 1. The summed E-state index contributed by atoms with van der Waals surface area (Å²) in [7, 11) is 0.256. The Bertz CT molecular complexity index is 1230. The molecule has 1 amide bonds. The van der Waals surface area contributed by atoms with Crippen molar-refractivity contribution < 1.29 is 17.6 Å². The molecule has 0 unspecified atom stereocenters. The predicted octanol–water partition coefficient (Wildman–Crippen LogP) is 3.85. The summed E-state index contributed by atoms with van der Waals surface area (Å²) >= 11 is 1.25. The molecule has 33 heavy (non-hydrogen) atoms. The van der Waals surface area contributed by atoms with Crippen LogP contribution >= 0.6 is 23.7 Å². The fraction of sp³-hybridized carbons (Fsp3) is 0.364. The minimum atomic E-state index is -3.55. The summed E-state index contributed by atoms with van der Waals surface area (Å²) in [4.78, 5) is 21.4. The first-order valence-corrected chi connectivity index (χ1v) is 12.6. The number of nitrogens with zero attached hydrogens (tertiary/aromatic N) is 4. The Labute approximate surface area is 203 Å². The van der Waals surface area contributed by atoms with E-state index in [-0.39, 0.29) is 28.7 Å². The van der Waals surface area contributed by atoms with Crippen molar-refractivity contribution in [2.75, 3.05) is 45.2 Å². The van der Waals surface area contributed by atoms with Crippen molar-refractivity contribution >= 4 is 55.0 Å². The largest absolute Gasteiger partial charge is 0.308 e. The Morgan fingerprint density at radius 1 is 1.09 bits per heavy atom. The molecule has 0 N–H and O–H groups in total. The van der Waals surface area contributed by atoms with Gasteiger partial charge in [0.25, 0.3) is 5.91 Å². The van der Waals surface area contributed by atoms with Crippen molar-refractivity contribution in [3.05, 3.63) is 53.8 Å². The Balaban J connectivity index is 0.00000306. The maximum Gasteiger partial charge on any atom is 0.260 e. The summed E-state index contributed by atoms with van der Waals surface area (Å²) in [6.45, 7) is 2.00. The maximum atomic E-state index is 14.2. The number of anilines is 1. The molecule has 178 valence electrons. The first kappa shape index (κ1) is 25.5. The summed E-state index contributed by atoms with van der Waals surface area (Å²) < 4.78 is 41.8. The summed E-state index contributed by atoms with van der Waals surface area (Å²) in [5.74, 6) is -0.738. The van der Waals surface area contributed by atoms with Crippen LogP contribution in [0.5, 0.6) is 0 Å². The van der Waals surface area contributed by atoms with Crippen LogP contribution in [0.15, 0.2) is 47.4 Å². The van der Waals surface area contributed by atoms with Gasteiger partial charge in [-0.2, -0.15) is 4.31 Å². The topological polar surface area (TPSA) is 73.8 Å². The van der Waals surface area contributed by atoms with Crippen LogP contribution in [0.2, 0.25) is 0 Å². The molecular formula is C22H26ClFN4O3S2. The van der Waals surface area contributed by atoms with Gasteiger partial charge in [-0.1, -0.05) is 17.4 Å². The van der Waals surface area contributed by atoms with E-state index in [1.165, 1.54) is 50.9 Å². The van der Waals surface area contributed by atoms with E-state index in [1.54, 1.807) is 12.1 Å². The van der Waals surface area contributed by atoms with Gasteiger partial charge in [-0.05, 0) is 63.3 Å². The zero-order valence-electron chi connectivity index (χ0n) is 18.4. The highest BCUT2D eigenvalue weighted by molar-refractivity contribution is 7.89. The number of carbonyl (C=O) groups excluding carboxylic acids is 1. The molecule has 1 aliphatic rings. The van der Waals surface area contributed by atoms with E-state index in [1.807, 2.05) is 19.0 Å². The number of benzene rings is 2. The third-order valence-corrected chi connectivity index (χ3v) is 8.37. The molecule has 0 radical (unpaired) electrons. The lowest BCUT2D eigenvalue weighted by atomic mass is 10.2. The predicted molar refractivity (Wildman–Crippen MR) is 131 cm³/mol. The van der Waals surface area contributed by atoms with Gasteiger partial charge in [-0.25, -0.2) is 17.8 Å². The summed E-state index contributed by atoms with van der Waals surface area (Å²) in [5.41, 5.74) is 0.589. The second-order valence-electron chi connectivity index (χ2n) is 7.98. The molecule has 0 aliphatic carbocycles. The van der Waals surface area contributed by atoms with Crippen molar-refractivity contribution in [2.45, 2.75) is 17.7 Å². The SMILES string of the molecule is CN(C)CCN(C(=O)c1ccc(S(=O)(=O)N2CCCC2)cc1)c1nc2c(F)cccc2s1.Cl. The Morgan fingerprint density at radius 2 is 1.76 bits per heavy atom. The van der Waals surface area contributed by atoms with E-state index in [0.29, 0.717) is 41.6 Å². The highest BCUT2D eigenvalue weighted by atomic mass is 35.5. The van der Waals surface area contributed by atoms with Crippen molar-refractivity contribution in [1.82, 2.24) is 14.2 Å². The number of sulfonamides is 1. The van der Waals surface area contributed by atoms with E-state index in [0.717, 1.165) is 12.8 Å². The Hall–Kier alpha value is -2.11. The molecule has 0 spiro atoms. The zero-order chi connectivity index (χ0) is 22.9. The quantitative estimate of drug-likeness (QED) is 0.480. The number of carbonyl (C=O) groups is 1. The number of likely N-dealkylation sites (N-methyl/N-ethyl adjacent to an activating group) is 1. The molecule has 3 aromatic rings. The highest BCUT2D eigenvalue weighted by Crippen LogP contribution is 2.31. The van der Waals surface area contributed by atoms with Crippen LogP contribution < -0.4 is 4.90 Å². The number of rotatable bonds is 7. The first-order chi connectivity index (χ1) is 15.3. The standard InChI is InChI=1S/C22H25FN4O3S2.ClH/c1-25(2)14-15-27(22-24-20-18(23)6-5-7-19(20)31-22)21(28)16-8-10-17(11-9-16)32(29,30)26-12-3-4-13-26;/h5-11H,3-4,12-15H2,1-2H3;1H. The smallest absolute Gasteiger partial charge is 0.260 e. The van der Waals surface area contributed by atoms with E-state index in [9.17, 15) is 17.6 Å². The number of hydrogen-bond donors (Lipinski definition) is 0. The number of fused-ring (bicyclic) bond motifs is 1. The van der Waals surface area contributed by atoms with Crippen molar-refractivity contribution in [1.29, 1.82) is 0 Å². The van der Waals surface area contributed by atoms with E-state index in [2.05, 4.69) is 4.98 Å². The highest BCUT2D eigenvalue weighted by Gasteiger charge is 2.28. The number of halogens is 2. The molecule has 1 saturated heterocycles. The van der Waals surface area contributed by atoms with Gasteiger partial charge >= 0.3 is 0 Å². The molecule has 0 atom stereocenters. The van der Waals surface area contributed by atoms with Crippen LogP contribution in [0.3, 0.4) is 0 Å². The summed E-state index contributed by atoms with van der Waals surface area (Å²) in [6, 6.07) is 10.7. The van der Waals surface area contributed by atoms with Crippen LogP contribution in [0.1, 0.15) is 23.2 Å². The third-order valence-electron chi connectivity index (χ3n) is 5.41. The van der Waals surface area contributed by atoms with Gasteiger partial charge in [-0.3, -0.25) is 9.69 Å². The third kappa shape index (κ3) is 5.36. The molecule has 1 aliphatic heterocycles. The second kappa shape index (κ2) is 10.4. The van der Waals surface area contributed by atoms with Gasteiger partial charge < -0.3 is 4.90 Å². The Kier molecular flexibility index (Phi) is 8.07. The molecule has 4 rings (SSSR count). The lowest BCUT2D eigenvalue weighted by Crippen LogP contribution is -2.36. The van der Waals surface area contributed by atoms with Gasteiger partial charge in [-0.15, -0.1) is 12.4 Å². The van der Waals surface area contributed by atoms with Gasteiger partial charge in [0, 0.05) is 31.7 Å². The average molecular weight is 513 g/mol. The number of amides is 1. The van der Waals surface area contributed by atoms with Crippen molar-refractivity contribution in [2.24, 2.45) is 0 Å². The minimum absolute atomic E-state index is 0. The van der Waals surface area contributed by atoms with Crippen LogP contribution in [0.25, 0.3) is 10.2 Å². The number of hydrogen-bond acceptors (Lipinski definition) is 6. The van der Waals surface area contributed by atoms with Gasteiger partial charge in [0.1, 0.15) is 11.3 Å². The van der Waals surface area contributed by atoms with E-state index < -0.39 is 15.8 Å². The fourth-order valence-electron chi connectivity index (χ4n) is 3.61. The van der Waals surface area contributed by atoms with Gasteiger partial charge in [0.2, 0.25) is 10.0 Å². The molecule has 2 aromatic carbocycles. The summed E-state index contributed by atoms with van der Waals surface area (Å²) in [6.07, 6.45) is 1.72. The monoisotopic (exact) mass is 512 g/mol. The zero-order valence-corrected chi connectivity index (χ0v) is 20.8. The molecule has 1 fully saturated rings. The van der Waals surface area contributed by atoms with Crippen molar-refractivity contribution in [3.8, 4) is 0 Å². The van der Waals surface area contributed by atoms with Gasteiger partial charge in [0.05, 0.1) is 9.60 Å². The maximum absolute atomic E-state index is 14.2. The van der Waals surface area contributed by atoms with E-state index >= 15 is 0 Å². The molecular weight excluding hydrogens is 487 g/mol. The van der Waals surface area contributed by atoms with Gasteiger partial charge in [0.15, 0.2) is 5.13 Å². The molecule has 1 aromatic heterocycles. The van der Waals surface area contributed by atoms with Crippen LogP contribution in [0, 0.1) is 5.82 Å². The van der Waals surface area contributed by atoms with Crippen molar-refractivity contribution in [3.63, 3.8) is 0 Å². The minimum Gasteiger partial charge on any atom is -0.308 e. The normalized spacial score (nSPS) is 14.5. The van der Waals surface area contributed by atoms with Crippen LogP contribution in [-0.2, 0) is 10.0 Å². The molecule has 2 heterocycles. The average Bonchev–Trinajstić information content (AvgIpc) is 3.45. The molecule has 7 nitrogen and oxygen atoms in total. The number of para-hydroxylation sites is 1. The molecule has 0 bridgehead atoms. The van der Waals surface area contributed by atoms with E-state index in [4.69, 9.17) is 0 Å². The second-order valence-corrected chi connectivity index (χ2v) is 10.9. The summed E-state index contributed by atoms with van der Waals surface area (Å²) in [5, 5.41) is 0.408.